The number of carbonyl (C=O) groups excluding carboxylic acids is 1. The normalized spacial score (nSPS) is 18.0. The van der Waals surface area contributed by atoms with E-state index in [0.29, 0.717) is 18.9 Å². The SMILES string of the molecule is CCNC(=NCc1cccc(O)c1)N1CCCC(CC(N)=O)C1.I. The van der Waals surface area contributed by atoms with Crippen LogP contribution in [0.3, 0.4) is 0 Å². The molecule has 24 heavy (non-hydrogen) atoms. The van der Waals surface area contributed by atoms with E-state index >= 15 is 0 Å². The van der Waals surface area contributed by atoms with Crippen molar-refractivity contribution in [1.29, 1.82) is 0 Å². The van der Waals surface area contributed by atoms with Crippen LogP contribution in [0, 0.1) is 5.92 Å². The van der Waals surface area contributed by atoms with E-state index in [9.17, 15) is 9.90 Å². The van der Waals surface area contributed by atoms with Crippen LogP contribution < -0.4 is 11.1 Å². The predicted octanol–water partition coefficient (Wildman–Crippen LogP) is 2.06. The van der Waals surface area contributed by atoms with Gasteiger partial charge >= 0.3 is 0 Å². The molecule has 1 aliphatic heterocycles. The van der Waals surface area contributed by atoms with Crippen molar-refractivity contribution >= 4 is 35.8 Å². The minimum Gasteiger partial charge on any atom is -0.508 e. The van der Waals surface area contributed by atoms with E-state index in [2.05, 4.69) is 15.2 Å². The Labute approximate surface area is 160 Å². The monoisotopic (exact) mass is 446 g/mol. The second-order valence-corrected chi connectivity index (χ2v) is 5.96. The highest BCUT2D eigenvalue weighted by atomic mass is 127. The maximum Gasteiger partial charge on any atom is 0.217 e. The minimum atomic E-state index is -0.237. The van der Waals surface area contributed by atoms with Gasteiger partial charge in [-0.2, -0.15) is 0 Å². The Kier molecular flexibility index (Phi) is 8.88. The van der Waals surface area contributed by atoms with Gasteiger partial charge in [-0.25, -0.2) is 4.99 Å². The van der Waals surface area contributed by atoms with Crippen molar-refractivity contribution in [1.82, 2.24) is 10.2 Å². The number of nitrogens with two attached hydrogens (primary N) is 1. The van der Waals surface area contributed by atoms with Crippen molar-refractivity contribution in [3.63, 3.8) is 0 Å². The number of phenolic OH excluding ortho intramolecular Hbond substituents is 1. The Morgan fingerprint density at radius 2 is 2.29 bits per heavy atom. The van der Waals surface area contributed by atoms with Gasteiger partial charge in [0.05, 0.1) is 6.54 Å². The summed E-state index contributed by atoms with van der Waals surface area (Å²) in [5.41, 5.74) is 6.29. The lowest BCUT2D eigenvalue weighted by Crippen LogP contribution is -2.47. The molecule has 0 saturated carbocycles. The van der Waals surface area contributed by atoms with Crippen LogP contribution in [0.2, 0.25) is 0 Å². The molecule has 1 unspecified atom stereocenters. The first-order valence-electron chi connectivity index (χ1n) is 8.18. The van der Waals surface area contributed by atoms with Crippen LogP contribution in [0.5, 0.6) is 5.75 Å². The second-order valence-electron chi connectivity index (χ2n) is 5.96. The number of guanidine groups is 1. The highest BCUT2D eigenvalue weighted by Crippen LogP contribution is 2.19. The molecule has 0 radical (unpaired) electrons. The molecule has 1 aromatic rings. The first-order chi connectivity index (χ1) is 11.1. The second kappa shape index (κ2) is 10.4. The van der Waals surface area contributed by atoms with Crippen LogP contribution in [-0.4, -0.2) is 41.5 Å². The van der Waals surface area contributed by atoms with E-state index in [0.717, 1.165) is 44.0 Å². The van der Waals surface area contributed by atoms with Crippen molar-refractivity contribution in [3.05, 3.63) is 29.8 Å². The van der Waals surface area contributed by atoms with E-state index < -0.39 is 0 Å². The number of nitrogens with one attached hydrogen (secondary N) is 1. The summed E-state index contributed by atoms with van der Waals surface area (Å²) in [4.78, 5) is 18.0. The molecule has 1 fully saturated rings. The maximum absolute atomic E-state index is 11.1. The van der Waals surface area contributed by atoms with Gasteiger partial charge in [0.2, 0.25) is 5.91 Å². The van der Waals surface area contributed by atoms with E-state index in [4.69, 9.17) is 5.73 Å². The van der Waals surface area contributed by atoms with E-state index in [-0.39, 0.29) is 35.6 Å². The number of aliphatic imine (C=N–C) groups is 1. The smallest absolute Gasteiger partial charge is 0.217 e. The number of halogens is 1. The lowest BCUT2D eigenvalue weighted by Gasteiger charge is -2.34. The molecule has 2 rings (SSSR count). The molecule has 0 spiro atoms. The van der Waals surface area contributed by atoms with Crippen molar-refractivity contribution in [2.45, 2.75) is 32.7 Å². The largest absolute Gasteiger partial charge is 0.508 e. The number of nitrogens with zero attached hydrogens (tertiary/aromatic N) is 2. The van der Waals surface area contributed by atoms with Crippen LogP contribution in [0.4, 0.5) is 0 Å². The molecule has 1 heterocycles. The van der Waals surface area contributed by atoms with Gasteiger partial charge in [0.25, 0.3) is 0 Å². The average molecular weight is 446 g/mol. The van der Waals surface area contributed by atoms with Crippen LogP contribution >= 0.6 is 24.0 Å². The number of hydrogen-bond acceptors (Lipinski definition) is 3. The Hall–Kier alpha value is -1.51. The minimum absolute atomic E-state index is 0. The molecule has 0 aromatic heterocycles. The number of likely N-dealkylation sites (tertiary alicyclic amines) is 1. The summed E-state index contributed by atoms with van der Waals surface area (Å²) in [6, 6.07) is 7.13. The summed E-state index contributed by atoms with van der Waals surface area (Å²) in [7, 11) is 0. The van der Waals surface area contributed by atoms with Crippen molar-refractivity contribution in [2.75, 3.05) is 19.6 Å². The number of hydrogen-bond donors (Lipinski definition) is 3. The number of primary amides is 1. The molecule has 1 aliphatic rings. The fraction of sp³-hybridized carbons (Fsp3) is 0.529. The van der Waals surface area contributed by atoms with Gasteiger partial charge in [-0.05, 0) is 43.4 Å². The first kappa shape index (κ1) is 20.5. The number of rotatable bonds is 5. The summed E-state index contributed by atoms with van der Waals surface area (Å²) < 4.78 is 0. The van der Waals surface area contributed by atoms with E-state index in [1.54, 1.807) is 12.1 Å². The lowest BCUT2D eigenvalue weighted by atomic mass is 9.95. The van der Waals surface area contributed by atoms with E-state index in [1.165, 1.54) is 0 Å². The number of piperidine rings is 1. The molecule has 6 nitrogen and oxygen atoms in total. The lowest BCUT2D eigenvalue weighted by molar-refractivity contribution is -0.119. The number of phenols is 1. The molecule has 134 valence electrons. The van der Waals surface area contributed by atoms with Gasteiger partial charge in [-0.15, -0.1) is 24.0 Å². The van der Waals surface area contributed by atoms with Crippen molar-refractivity contribution in [2.24, 2.45) is 16.6 Å². The fourth-order valence-electron chi connectivity index (χ4n) is 2.96. The summed E-state index contributed by atoms with van der Waals surface area (Å²) in [5, 5.41) is 12.8. The predicted molar refractivity (Wildman–Crippen MR) is 106 cm³/mol. The summed E-state index contributed by atoms with van der Waals surface area (Å²) >= 11 is 0. The summed E-state index contributed by atoms with van der Waals surface area (Å²) in [6.07, 6.45) is 2.50. The van der Waals surface area contributed by atoms with Gasteiger partial charge in [-0.1, -0.05) is 12.1 Å². The van der Waals surface area contributed by atoms with Gasteiger partial charge in [0, 0.05) is 26.1 Å². The molecular formula is C17H27IN4O2. The third kappa shape index (κ3) is 6.54. The topological polar surface area (TPSA) is 91.0 Å². The van der Waals surface area contributed by atoms with Gasteiger partial charge < -0.3 is 21.1 Å². The quantitative estimate of drug-likeness (QED) is 0.367. The zero-order chi connectivity index (χ0) is 16.7. The molecule has 0 aliphatic carbocycles. The molecule has 1 aromatic carbocycles. The standard InChI is InChI=1S/C17H26N4O2.HI/c1-2-19-17(20-11-13-5-3-7-15(22)9-13)21-8-4-6-14(12-21)10-16(18)23;/h3,5,7,9,14,22H,2,4,6,8,10-12H2,1H3,(H2,18,23)(H,19,20);1H. The molecule has 1 atom stereocenters. The van der Waals surface area contributed by atoms with Gasteiger partial charge in [-0.3, -0.25) is 4.79 Å². The zero-order valence-electron chi connectivity index (χ0n) is 14.1. The summed E-state index contributed by atoms with van der Waals surface area (Å²) in [5.74, 6) is 1.16. The van der Waals surface area contributed by atoms with Crippen LogP contribution in [0.15, 0.2) is 29.3 Å². The van der Waals surface area contributed by atoms with Gasteiger partial charge in [0.15, 0.2) is 5.96 Å². The van der Waals surface area contributed by atoms with Crippen LogP contribution in [-0.2, 0) is 11.3 Å². The number of amides is 1. The Morgan fingerprint density at radius 1 is 1.50 bits per heavy atom. The molecular weight excluding hydrogens is 419 g/mol. The number of benzene rings is 1. The third-order valence-corrected chi connectivity index (χ3v) is 3.97. The fourth-order valence-corrected chi connectivity index (χ4v) is 2.96. The third-order valence-electron chi connectivity index (χ3n) is 3.97. The molecule has 1 amide bonds. The molecule has 1 saturated heterocycles. The highest BCUT2D eigenvalue weighted by Gasteiger charge is 2.23. The number of aromatic hydroxyl groups is 1. The van der Waals surface area contributed by atoms with Crippen LogP contribution in [0.1, 0.15) is 31.7 Å². The Morgan fingerprint density at radius 3 is 2.96 bits per heavy atom. The summed E-state index contributed by atoms with van der Waals surface area (Å²) in [6.45, 7) is 5.06. The molecule has 0 bridgehead atoms. The highest BCUT2D eigenvalue weighted by molar-refractivity contribution is 14.0. The zero-order valence-corrected chi connectivity index (χ0v) is 16.4. The van der Waals surface area contributed by atoms with Crippen LogP contribution in [0.25, 0.3) is 0 Å². The van der Waals surface area contributed by atoms with E-state index in [1.807, 2.05) is 19.1 Å². The Balaban J connectivity index is 0.00000288. The first-order valence-corrected chi connectivity index (χ1v) is 8.18. The maximum atomic E-state index is 11.1. The average Bonchev–Trinajstić information content (AvgIpc) is 2.51. The van der Waals surface area contributed by atoms with Crippen molar-refractivity contribution in [3.8, 4) is 5.75 Å². The Bertz CT molecular complexity index is 565. The molecule has 7 heteroatoms. The number of carbonyl (C=O) groups is 1. The van der Waals surface area contributed by atoms with Gasteiger partial charge in [0.1, 0.15) is 5.75 Å². The molecule has 4 N–H and O–H groups in total. The van der Waals surface area contributed by atoms with Crippen molar-refractivity contribution < 1.29 is 9.90 Å².